The van der Waals surface area contributed by atoms with Crippen molar-refractivity contribution in [3.8, 4) is 11.1 Å². The molecule has 6 rings (SSSR count). The summed E-state index contributed by atoms with van der Waals surface area (Å²) in [5, 5.41) is 10.2. The van der Waals surface area contributed by atoms with Crippen LogP contribution in [0.1, 0.15) is 87.0 Å². The molecule has 0 aliphatic heterocycles. The molecule has 3 aromatic heterocycles. The zero-order valence-electron chi connectivity index (χ0n) is 32.3. The van der Waals surface area contributed by atoms with E-state index in [1.165, 1.54) is 17.8 Å². The third kappa shape index (κ3) is 9.52. The number of benzene rings is 2. The van der Waals surface area contributed by atoms with Crippen molar-refractivity contribution in [3.05, 3.63) is 92.5 Å². The predicted molar refractivity (Wildman–Crippen MR) is 214 cm³/mol. The Morgan fingerprint density at radius 1 is 0.966 bits per heavy atom. The van der Waals surface area contributed by atoms with Gasteiger partial charge in [-0.3, -0.25) is 23.9 Å². The van der Waals surface area contributed by atoms with Gasteiger partial charge in [0.1, 0.15) is 35.7 Å². The molecular weight excluding hydrogens is 864 g/mol. The summed E-state index contributed by atoms with van der Waals surface area (Å²) < 4.78 is 126. The zero-order valence-corrected chi connectivity index (χ0v) is 35.5. The number of hydrogen-bond donors (Lipinski definition) is 2. The predicted octanol–water partition coefficient (Wildman–Crippen LogP) is 8.15. The monoisotopic (exact) mass is 903 g/mol. The van der Waals surface area contributed by atoms with Crippen LogP contribution in [-0.4, -0.2) is 63.5 Å². The van der Waals surface area contributed by atoms with Crippen LogP contribution in [0.4, 0.5) is 27.8 Å². The number of pyridine rings is 1. The van der Waals surface area contributed by atoms with Crippen LogP contribution in [0, 0.1) is 11.6 Å². The van der Waals surface area contributed by atoms with Crippen molar-refractivity contribution in [2.24, 2.45) is 7.05 Å². The number of aryl methyl sites for hydroxylation is 2. The number of hydrogen-bond acceptors (Lipinski definition) is 8. The fraction of sp³-hybridized carbons (Fsp3) is 0.421. The third-order valence-electron chi connectivity index (χ3n) is 10.1. The molecule has 0 bridgehead atoms. The van der Waals surface area contributed by atoms with Gasteiger partial charge in [0, 0.05) is 29.9 Å². The van der Waals surface area contributed by atoms with Gasteiger partial charge in [-0.15, -0.1) is 0 Å². The first-order chi connectivity index (χ1) is 27.5. The van der Waals surface area contributed by atoms with E-state index in [9.17, 15) is 43.6 Å². The first-order valence-electron chi connectivity index (χ1n) is 18.3. The molecular formula is C38H40Cl2F5N7O5S2. The molecule has 1 fully saturated rings. The molecule has 0 radical (unpaired) electrons. The van der Waals surface area contributed by atoms with Gasteiger partial charge in [-0.05, 0) is 82.7 Å². The van der Waals surface area contributed by atoms with Crippen LogP contribution in [0.15, 0.2) is 42.5 Å². The van der Waals surface area contributed by atoms with Gasteiger partial charge in [-0.25, -0.2) is 38.8 Å². The molecule has 3 heterocycles. The number of nitrogens with zero attached hydrogens (tertiary/aromatic N) is 5. The summed E-state index contributed by atoms with van der Waals surface area (Å²) in [6.07, 6.45) is -3.03. The topological polar surface area (TPSA) is 158 Å². The minimum Gasteiger partial charge on any atom is -0.346 e. The standard InChI is InChI=1S/C38H40Cl2F5N7O5S2/c1-19(41)32-31(40)35(36(44)45)52(48-32)18-29(53)47-28(16-20-14-21(42)17-22(43)15-20)33-25(9-6-23(46-33)12-13-38(2,3)59(56,57)24-7-8-24)26-10-11-27(39)30-34(26)51(4)49-37(30)50-58(5,54)55/h6,9-11,14-15,17,19,24,28,36H,7-8,12-13,16,18H2,1-5H3,(H,47,53)(H,49,50)/t19?,28-/m0/s1. The summed E-state index contributed by atoms with van der Waals surface area (Å²) in [6, 6.07) is 7.83. The van der Waals surface area contributed by atoms with E-state index in [2.05, 4.69) is 20.2 Å². The number of anilines is 1. The lowest BCUT2D eigenvalue weighted by Gasteiger charge is -2.26. The lowest BCUT2D eigenvalue weighted by atomic mass is 9.93. The average molecular weight is 905 g/mol. The van der Waals surface area contributed by atoms with E-state index < -0.39 is 89.0 Å². The van der Waals surface area contributed by atoms with Crippen LogP contribution >= 0.6 is 23.2 Å². The van der Waals surface area contributed by atoms with Crippen LogP contribution in [0.25, 0.3) is 22.0 Å². The molecule has 2 N–H and O–H groups in total. The molecule has 2 aromatic carbocycles. The maximum absolute atomic E-state index is 14.6. The number of aromatic nitrogens is 5. The Labute approximate surface area is 347 Å². The summed E-state index contributed by atoms with van der Waals surface area (Å²) >= 11 is 12.7. The molecule has 0 spiro atoms. The fourth-order valence-electron chi connectivity index (χ4n) is 7.00. The second-order valence-electron chi connectivity index (χ2n) is 15.2. The largest absolute Gasteiger partial charge is 0.346 e. The summed E-state index contributed by atoms with van der Waals surface area (Å²) in [4.78, 5) is 18.8. The van der Waals surface area contributed by atoms with E-state index in [1.54, 1.807) is 32.0 Å². The van der Waals surface area contributed by atoms with Crippen molar-refractivity contribution >= 4 is 65.7 Å². The Bertz CT molecular complexity index is 2650. The highest BCUT2D eigenvalue weighted by atomic mass is 35.5. The zero-order chi connectivity index (χ0) is 43.4. The summed E-state index contributed by atoms with van der Waals surface area (Å²) in [7, 11) is -5.79. The van der Waals surface area contributed by atoms with Crippen LogP contribution in [0.5, 0.6) is 0 Å². The molecule has 59 heavy (non-hydrogen) atoms. The molecule has 2 atom stereocenters. The van der Waals surface area contributed by atoms with Crippen molar-refractivity contribution in [2.45, 2.75) is 88.1 Å². The molecule has 12 nitrogen and oxygen atoms in total. The number of fused-ring (bicyclic) bond motifs is 1. The quantitative estimate of drug-likeness (QED) is 0.0940. The number of sulfonamides is 1. The molecule has 5 aromatic rings. The fourth-order valence-corrected chi connectivity index (χ4v) is 10.2. The smallest absolute Gasteiger partial charge is 0.281 e. The first kappa shape index (κ1) is 44.2. The Kier molecular flexibility index (Phi) is 12.5. The van der Waals surface area contributed by atoms with Crippen molar-refractivity contribution in [1.82, 2.24) is 29.9 Å². The summed E-state index contributed by atoms with van der Waals surface area (Å²) in [6.45, 7) is 3.43. The molecule has 1 saturated carbocycles. The van der Waals surface area contributed by atoms with Crippen LogP contribution in [0.2, 0.25) is 10.0 Å². The normalized spacial score (nSPS) is 14.9. The molecule has 21 heteroatoms. The van der Waals surface area contributed by atoms with Crippen molar-refractivity contribution in [2.75, 3.05) is 11.0 Å². The van der Waals surface area contributed by atoms with Gasteiger partial charge < -0.3 is 5.32 Å². The number of carbonyl (C=O) groups excluding carboxylic acids is 1. The molecule has 1 aliphatic rings. The van der Waals surface area contributed by atoms with Gasteiger partial charge >= 0.3 is 0 Å². The van der Waals surface area contributed by atoms with Gasteiger partial charge in [0.05, 0.1) is 48.9 Å². The number of halogens is 7. The number of rotatable bonds is 16. The first-order valence-corrected chi connectivity index (χ1v) is 22.5. The number of carbonyl (C=O) groups is 1. The lowest BCUT2D eigenvalue weighted by Crippen LogP contribution is -2.35. The minimum atomic E-state index is -3.83. The van der Waals surface area contributed by atoms with Gasteiger partial charge in [-0.1, -0.05) is 35.3 Å². The number of amides is 1. The Balaban J connectivity index is 1.52. The van der Waals surface area contributed by atoms with Gasteiger partial charge in [0.2, 0.25) is 15.9 Å². The van der Waals surface area contributed by atoms with Crippen LogP contribution in [-0.2, 0) is 51.1 Å². The third-order valence-corrected chi connectivity index (χ3v) is 14.4. The molecule has 318 valence electrons. The average Bonchev–Trinajstić information content (AvgIpc) is 3.86. The van der Waals surface area contributed by atoms with Gasteiger partial charge in [0.25, 0.3) is 6.43 Å². The number of alkyl halides is 3. The highest BCUT2D eigenvalue weighted by molar-refractivity contribution is 7.93. The van der Waals surface area contributed by atoms with E-state index in [1.807, 2.05) is 0 Å². The second kappa shape index (κ2) is 16.6. The van der Waals surface area contributed by atoms with E-state index in [0.717, 1.165) is 25.3 Å². The maximum atomic E-state index is 14.6. The van der Waals surface area contributed by atoms with Gasteiger partial charge in [0.15, 0.2) is 15.7 Å². The SMILES string of the molecule is CC(F)c1nn(CC(=O)N[C@@H](Cc2cc(F)cc(F)c2)c2nc(CCC(C)(C)S(=O)(=O)C3CC3)ccc2-c2ccc(Cl)c3c(NS(C)(=O)=O)nn(C)c23)c(C(F)F)c1Cl. The molecule has 0 saturated heterocycles. The van der Waals surface area contributed by atoms with Crippen LogP contribution in [0.3, 0.4) is 0 Å². The highest BCUT2D eigenvalue weighted by Crippen LogP contribution is 2.41. The summed E-state index contributed by atoms with van der Waals surface area (Å²) in [5.41, 5.74) is 0.132. The Morgan fingerprint density at radius 3 is 2.20 bits per heavy atom. The van der Waals surface area contributed by atoms with E-state index >= 15 is 0 Å². The van der Waals surface area contributed by atoms with Crippen molar-refractivity contribution < 1.29 is 43.6 Å². The maximum Gasteiger partial charge on any atom is 0.281 e. The highest BCUT2D eigenvalue weighted by Gasteiger charge is 2.45. The molecule has 1 aliphatic carbocycles. The second-order valence-corrected chi connectivity index (χ2v) is 20.6. The Hall–Kier alpha value is -4.33. The van der Waals surface area contributed by atoms with Crippen LogP contribution < -0.4 is 10.0 Å². The summed E-state index contributed by atoms with van der Waals surface area (Å²) in [5.74, 6) is -2.88. The van der Waals surface area contributed by atoms with E-state index in [4.69, 9.17) is 28.2 Å². The van der Waals surface area contributed by atoms with E-state index in [0.29, 0.717) is 45.9 Å². The Morgan fingerprint density at radius 2 is 1.61 bits per heavy atom. The van der Waals surface area contributed by atoms with E-state index in [-0.39, 0.29) is 46.7 Å². The minimum absolute atomic E-state index is 0.0629. The van der Waals surface area contributed by atoms with Crippen molar-refractivity contribution in [1.29, 1.82) is 0 Å². The number of sulfone groups is 1. The van der Waals surface area contributed by atoms with Crippen molar-refractivity contribution in [3.63, 3.8) is 0 Å². The molecule has 1 unspecified atom stereocenters. The van der Waals surface area contributed by atoms with Gasteiger partial charge in [-0.2, -0.15) is 10.2 Å². The number of nitrogens with one attached hydrogen (secondary N) is 2. The molecule has 1 amide bonds. The lowest BCUT2D eigenvalue weighted by molar-refractivity contribution is -0.122.